The molecule has 5 aromatic rings. The van der Waals surface area contributed by atoms with E-state index in [-0.39, 0.29) is 29.9 Å². The number of ether oxygens (including phenoxy) is 1. The Kier molecular flexibility index (Phi) is 10.4. The van der Waals surface area contributed by atoms with Gasteiger partial charge in [0.15, 0.2) is 0 Å². The summed E-state index contributed by atoms with van der Waals surface area (Å²) in [7, 11) is 2.15. The maximum Gasteiger partial charge on any atom is 0.266 e. The molecule has 3 aliphatic heterocycles. The van der Waals surface area contributed by atoms with E-state index in [9.17, 15) is 24.0 Å². The summed E-state index contributed by atoms with van der Waals surface area (Å²) in [6.07, 6.45) is 10.0. The number of fused-ring (bicyclic) bond motifs is 3. The van der Waals surface area contributed by atoms with Crippen LogP contribution in [0.4, 0.5) is 5.82 Å². The molecule has 3 aromatic heterocycles. The van der Waals surface area contributed by atoms with Gasteiger partial charge in [-0.1, -0.05) is 37.8 Å². The number of aromatic nitrogens is 4. The maximum absolute atomic E-state index is 13.4. The van der Waals surface area contributed by atoms with Gasteiger partial charge in [0.05, 0.1) is 34.5 Å². The fourth-order valence-corrected chi connectivity index (χ4v) is 8.30. The Balaban J connectivity index is 0.793. The Labute approximate surface area is 323 Å². The molecule has 2 saturated heterocycles. The number of nitrogens with zero attached hydrogens (tertiary/aromatic N) is 5. The van der Waals surface area contributed by atoms with E-state index in [1.165, 1.54) is 12.1 Å². The monoisotopic (exact) mass is 758 g/mol. The smallest absolute Gasteiger partial charge is 0.266 e. The largest absolute Gasteiger partial charge is 0.493 e. The van der Waals surface area contributed by atoms with Crippen LogP contribution < -0.4 is 15.4 Å². The molecule has 3 aliphatic rings. The van der Waals surface area contributed by atoms with Gasteiger partial charge in [0.2, 0.25) is 11.8 Å². The second kappa shape index (κ2) is 15.7. The van der Waals surface area contributed by atoms with E-state index in [0.717, 1.165) is 90.4 Å². The molecule has 0 bridgehead atoms. The summed E-state index contributed by atoms with van der Waals surface area (Å²) in [5, 5.41) is 12.0. The van der Waals surface area contributed by atoms with E-state index in [2.05, 4.69) is 38.6 Å². The molecule has 14 nitrogen and oxygen atoms in total. The van der Waals surface area contributed by atoms with Crippen molar-refractivity contribution in [2.45, 2.75) is 89.8 Å². The number of hydrogen-bond acceptors (Lipinski definition) is 9. The summed E-state index contributed by atoms with van der Waals surface area (Å²) in [4.78, 5) is 75.1. The Morgan fingerprint density at radius 3 is 2.57 bits per heavy atom. The van der Waals surface area contributed by atoms with Gasteiger partial charge in [-0.05, 0) is 83.0 Å². The zero-order chi connectivity index (χ0) is 38.9. The van der Waals surface area contributed by atoms with Gasteiger partial charge in [0, 0.05) is 53.3 Å². The van der Waals surface area contributed by atoms with Crippen molar-refractivity contribution in [3.63, 3.8) is 0 Å². The van der Waals surface area contributed by atoms with Crippen LogP contribution in [-0.4, -0.2) is 85.3 Å². The number of benzene rings is 2. The average molecular weight is 759 g/mol. The SMILES string of the molecule is Cc1nn(CCCCCCCCOc2cccc3c2C(=O)N(C2CCC(=O)NC2=O)C3=O)c2cc(C(=O)Nc3cc4[nH]c([C@H]5CCCN5C)cc4cn3)ccc12. The van der Waals surface area contributed by atoms with Gasteiger partial charge >= 0.3 is 0 Å². The van der Waals surface area contributed by atoms with E-state index < -0.39 is 29.7 Å². The number of carbonyl (C=O) groups excluding carboxylic acids is 5. The van der Waals surface area contributed by atoms with Gasteiger partial charge in [-0.15, -0.1) is 0 Å². The zero-order valence-electron chi connectivity index (χ0n) is 31.7. The van der Waals surface area contributed by atoms with Crippen molar-refractivity contribution in [3.05, 3.63) is 82.8 Å². The number of carbonyl (C=O) groups is 5. The molecule has 56 heavy (non-hydrogen) atoms. The van der Waals surface area contributed by atoms with Gasteiger partial charge < -0.3 is 15.0 Å². The number of anilines is 1. The van der Waals surface area contributed by atoms with Gasteiger partial charge in [0.25, 0.3) is 17.7 Å². The Morgan fingerprint density at radius 1 is 0.946 bits per heavy atom. The summed E-state index contributed by atoms with van der Waals surface area (Å²) in [5.74, 6) is -1.56. The van der Waals surface area contributed by atoms with Crippen LogP contribution in [0, 0.1) is 6.92 Å². The fraction of sp³-hybridized carbons (Fsp3) is 0.405. The highest BCUT2D eigenvalue weighted by atomic mass is 16.5. The predicted molar refractivity (Wildman–Crippen MR) is 209 cm³/mol. The van der Waals surface area contributed by atoms with Crippen molar-refractivity contribution < 1.29 is 28.7 Å². The number of imide groups is 2. The Hall–Kier alpha value is -5.89. The van der Waals surface area contributed by atoms with E-state index in [1.54, 1.807) is 24.4 Å². The summed E-state index contributed by atoms with van der Waals surface area (Å²) in [5.41, 5.74) is 4.91. The van der Waals surface area contributed by atoms with Crippen LogP contribution >= 0.6 is 0 Å². The summed E-state index contributed by atoms with van der Waals surface area (Å²) >= 11 is 0. The number of aromatic amines is 1. The standard InChI is InChI=1S/C42H46N8O6/c1-25-28-15-14-26(39(52)45-36-23-30-27(24-43-36)21-31(44-30)32-12-10-18-48(32)2)22-34(28)49(47-25)19-7-5-3-4-6-8-20-56-35-13-9-11-29-38(35)42(55)50(41(29)54)33-16-17-37(51)46-40(33)53/h9,11,13-15,21-24,32-33,44H,3-8,10,12,16-20H2,1-2H3,(H,43,45,52)(H,46,51,53)/t32-,33?/m1/s1. The van der Waals surface area contributed by atoms with Crippen LogP contribution in [0.15, 0.2) is 54.7 Å². The molecule has 290 valence electrons. The molecule has 14 heteroatoms. The number of hydrogen-bond donors (Lipinski definition) is 3. The molecule has 2 fully saturated rings. The molecule has 0 radical (unpaired) electrons. The lowest BCUT2D eigenvalue weighted by molar-refractivity contribution is -0.136. The van der Waals surface area contributed by atoms with Crippen molar-refractivity contribution in [1.29, 1.82) is 0 Å². The number of piperidine rings is 1. The number of pyridine rings is 1. The van der Waals surface area contributed by atoms with Crippen LogP contribution in [0.3, 0.4) is 0 Å². The molecule has 5 amide bonds. The van der Waals surface area contributed by atoms with E-state index in [4.69, 9.17) is 9.84 Å². The second-order valence-electron chi connectivity index (χ2n) is 15.1. The summed E-state index contributed by atoms with van der Waals surface area (Å²) in [6.45, 7) is 4.21. The molecular formula is C42H46N8O6. The van der Waals surface area contributed by atoms with Crippen molar-refractivity contribution in [1.82, 2.24) is 34.9 Å². The average Bonchev–Trinajstić information content (AvgIpc) is 3.95. The summed E-state index contributed by atoms with van der Waals surface area (Å²) in [6, 6.07) is 14.0. The molecule has 6 heterocycles. The van der Waals surface area contributed by atoms with Gasteiger partial charge in [0.1, 0.15) is 17.6 Å². The lowest BCUT2D eigenvalue weighted by Gasteiger charge is -2.27. The van der Waals surface area contributed by atoms with Crippen LogP contribution in [0.5, 0.6) is 5.75 Å². The number of aryl methyl sites for hydroxylation is 2. The van der Waals surface area contributed by atoms with Crippen molar-refractivity contribution in [2.24, 2.45) is 0 Å². The third-order valence-electron chi connectivity index (χ3n) is 11.3. The second-order valence-corrected chi connectivity index (χ2v) is 15.1. The normalized spacial score (nSPS) is 18.6. The first-order valence-electron chi connectivity index (χ1n) is 19.6. The van der Waals surface area contributed by atoms with Crippen molar-refractivity contribution >= 4 is 57.2 Å². The minimum absolute atomic E-state index is 0.0689. The lowest BCUT2D eigenvalue weighted by Crippen LogP contribution is -2.54. The number of rotatable bonds is 14. The third-order valence-corrected chi connectivity index (χ3v) is 11.3. The number of likely N-dealkylation sites (tertiary alicyclic amines) is 1. The fourth-order valence-electron chi connectivity index (χ4n) is 8.30. The molecule has 0 aliphatic carbocycles. The first kappa shape index (κ1) is 37.1. The van der Waals surface area contributed by atoms with Gasteiger partial charge in [-0.2, -0.15) is 5.10 Å². The maximum atomic E-state index is 13.4. The van der Waals surface area contributed by atoms with Gasteiger partial charge in [-0.25, -0.2) is 4.98 Å². The number of H-pyrrole nitrogens is 1. The van der Waals surface area contributed by atoms with E-state index in [0.29, 0.717) is 29.8 Å². The highest BCUT2D eigenvalue weighted by Gasteiger charge is 2.46. The molecule has 2 atom stereocenters. The van der Waals surface area contributed by atoms with E-state index in [1.807, 2.05) is 35.9 Å². The van der Waals surface area contributed by atoms with Crippen LogP contribution in [0.25, 0.3) is 21.8 Å². The molecule has 1 unspecified atom stereocenters. The molecule has 0 spiro atoms. The minimum Gasteiger partial charge on any atom is -0.493 e. The predicted octanol–water partition coefficient (Wildman–Crippen LogP) is 6.06. The Morgan fingerprint density at radius 2 is 1.77 bits per heavy atom. The van der Waals surface area contributed by atoms with Crippen LogP contribution in [0.1, 0.15) is 113 Å². The number of unbranched alkanes of at least 4 members (excludes halogenated alkanes) is 5. The quantitative estimate of drug-likeness (QED) is 0.0900. The van der Waals surface area contributed by atoms with Crippen molar-refractivity contribution in [2.75, 3.05) is 25.5 Å². The van der Waals surface area contributed by atoms with E-state index >= 15 is 0 Å². The highest BCUT2D eigenvalue weighted by Crippen LogP contribution is 2.34. The van der Waals surface area contributed by atoms with Crippen molar-refractivity contribution in [3.8, 4) is 5.75 Å². The Bertz CT molecular complexity index is 2360. The van der Waals surface area contributed by atoms with Crippen LogP contribution in [0.2, 0.25) is 0 Å². The topological polar surface area (TPSA) is 172 Å². The van der Waals surface area contributed by atoms with Gasteiger partial charge in [-0.3, -0.25) is 43.8 Å². The minimum atomic E-state index is -1.01. The highest BCUT2D eigenvalue weighted by molar-refractivity contribution is 6.24. The van der Waals surface area contributed by atoms with Crippen LogP contribution in [-0.2, 0) is 16.1 Å². The molecule has 3 N–H and O–H groups in total. The molecular weight excluding hydrogens is 713 g/mol. The molecule has 8 rings (SSSR count). The summed E-state index contributed by atoms with van der Waals surface area (Å²) < 4.78 is 7.97. The first-order valence-corrected chi connectivity index (χ1v) is 19.6. The number of amides is 5. The number of nitrogens with one attached hydrogen (secondary N) is 3. The first-order chi connectivity index (χ1) is 27.2. The molecule has 0 saturated carbocycles. The third kappa shape index (κ3) is 7.28. The molecule has 2 aromatic carbocycles. The lowest BCUT2D eigenvalue weighted by atomic mass is 10.0. The zero-order valence-corrected chi connectivity index (χ0v) is 31.7.